The lowest BCUT2D eigenvalue weighted by Gasteiger charge is -2.34. The third kappa shape index (κ3) is 7.44. The summed E-state index contributed by atoms with van der Waals surface area (Å²) in [6.07, 6.45) is 3.98. The van der Waals surface area contributed by atoms with Crippen molar-refractivity contribution in [2.45, 2.75) is 56.8 Å². The van der Waals surface area contributed by atoms with Gasteiger partial charge in [-0.1, -0.05) is 67.9 Å². The van der Waals surface area contributed by atoms with Gasteiger partial charge in [-0.2, -0.15) is 5.26 Å². The molecule has 1 aliphatic heterocycles. The maximum absolute atomic E-state index is 12.7. The fourth-order valence-electron chi connectivity index (χ4n) is 5.50. The van der Waals surface area contributed by atoms with Crippen molar-refractivity contribution in [3.05, 3.63) is 90.0 Å². The summed E-state index contributed by atoms with van der Waals surface area (Å²) in [6, 6.07) is 26.8. The summed E-state index contributed by atoms with van der Waals surface area (Å²) in [7, 11) is -3.66. The van der Waals surface area contributed by atoms with E-state index in [1.807, 2.05) is 31.2 Å². The highest BCUT2D eigenvalue weighted by Gasteiger charge is 2.35. The molecular weight excluding hydrogens is 518 g/mol. The van der Waals surface area contributed by atoms with Gasteiger partial charge in [0.25, 0.3) is 10.0 Å². The van der Waals surface area contributed by atoms with Crippen LogP contribution in [0.5, 0.6) is 5.75 Å². The second-order valence-electron chi connectivity index (χ2n) is 11.2. The Hall–Kier alpha value is -3.34. The molecule has 1 fully saturated rings. The number of nitrogens with zero attached hydrogens (tertiary/aromatic N) is 2. The molecule has 0 saturated carbocycles. The molecule has 1 unspecified atom stereocenters. The second kappa shape index (κ2) is 13.3. The van der Waals surface area contributed by atoms with Crippen LogP contribution in [-0.4, -0.2) is 39.6 Å². The number of ether oxygens (including phenoxy) is 1. The molecule has 1 N–H and O–H groups in total. The molecule has 0 bridgehead atoms. The standard InChI is InChI=1S/C33H41N3O3S/c1-26(2)33(25-34,29-9-5-4-6-10-29)19-8-20-36-21-17-28(18-22-36)24-39-31-12-7-11-30(23-31)35-40(37,38)32-15-13-27(3)14-16-32/h4-7,9-16,23,26,28,35H,8,17-22,24H2,1-3H3. The van der Waals surface area contributed by atoms with Crippen LogP contribution in [-0.2, 0) is 15.4 Å². The molecule has 0 aromatic heterocycles. The van der Waals surface area contributed by atoms with Crippen molar-refractivity contribution in [1.29, 1.82) is 5.26 Å². The summed E-state index contributed by atoms with van der Waals surface area (Å²) in [6.45, 7) is 9.88. The minimum absolute atomic E-state index is 0.235. The van der Waals surface area contributed by atoms with Gasteiger partial charge < -0.3 is 9.64 Å². The highest BCUT2D eigenvalue weighted by molar-refractivity contribution is 7.92. The molecule has 212 valence electrons. The monoisotopic (exact) mass is 559 g/mol. The van der Waals surface area contributed by atoms with E-state index in [1.54, 1.807) is 42.5 Å². The van der Waals surface area contributed by atoms with E-state index < -0.39 is 15.4 Å². The number of likely N-dealkylation sites (tertiary alicyclic amines) is 1. The molecule has 1 saturated heterocycles. The average molecular weight is 560 g/mol. The lowest BCUT2D eigenvalue weighted by molar-refractivity contribution is 0.137. The van der Waals surface area contributed by atoms with E-state index in [2.05, 4.69) is 41.7 Å². The highest BCUT2D eigenvalue weighted by atomic mass is 32.2. The Balaban J connectivity index is 1.23. The van der Waals surface area contributed by atoms with Crippen LogP contribution in [0.1, 0.15) is 50.7 Å². The first-order valence-electron chi connectivity index (χ1n) is 14.2. The number of rotatable bonds is 12. The molecule has 0 radical (unpaired) electrons. The molecule has 1 atom stereocenters. The Morgan fingerprint density at radius 1 is 1.02 bits per heavy atom. The van der Waals surface area contributed by atoms with Gasteiger partial charge in [-0.05, 0) is 93.9 Å². The van der Waals surface area contributed by atoms with E-state index in [1.165, 1.54) is 0 Å². The van der Waals surface area contributed by atoms with Crippen LogP contribution >= 0.6 is 0 Å². The molecule has 1 aliphatic rings. The largest absolute Gasteiger partial charge is 0.493 e. The number of benzene rings is 3. The summed E-state index contributed by atoms with van der Waals surface area (Å²) < 4.78 is 34.2. The smallest absolute Gasteiger partial charge is 0.261 e. The number of aryl methyl sites for hydroxylation is 1. The van der Waals surface area contributed by atoms with E-state index >= 15 is 0 Å². The maximum Gasteiger partial charge on any atom is 0.261 e. The van der Waals surface area contributed by atoms with Crippen molar-refractivity contribution >= 4 is 15.7 Å². The number of sulfonamides is 1. The summed E-state index contributed by atoms with van der Waals surface area (Å²) >= 11 is 0. The fraction of sp³-hybridized carbons (Fsp3) is 0.424. The van der Waals surface area contributed by atoms with Gasteiger partial charge in [0.2, 0.25) is 0 Å². The minimum Gasteiger partial charge on any atom is -0.493 e. The van der Waals surface area contributed by atoms with Crippen molar-refractivity contribution < 1.29 is 13.2 Å². The predicted octanol–water partition coefficient (Wildman–Crippen LogP) is 6.78. The zero-order chi connectivity index (χ0) is 28.6. The quantitative estimate of drug-likeness (QED) is 0.264. The first-order valence-corrected chi connectivity index (χ1v) is 15.7. The summed E-state index contributed by atoms with van der Waals surface area (Å²) in [5, 5.41) is 10.1. The summed E-state index contributed by atoms with van der Waals surface area (Å²) in [4.78, 5) is 2.74. The lowest BCUT2D eigenvalue weighted by atomic mass is 9.70. The van der Waals surface area contributed by atoms with Gasteiger partial charge in [0, 0.05) is 6.07 Å². The Kier molecular flexibility index (Phi) is 9.89. The van der Waals surface area contributed by atoms with Gasteiger partial charge in [0.1, 0.15) is 5.75 Å². The zero-order valence-corrected chi connectivity index (χ0v) is 24.7. The minimum atomic E-state index is -3.66. The number of nitriles is 1. The van der Waals surface area contributed by atoms with Gasteiger partial charge in [-0.25, -0.2) is 8.42 Å². The van der Waals surface area contributed by atoms with E-state index in [-0.39, 0.29) is 10.8 Å². The van der Waals surface area contributed by atoms with E-state index in [9.17, 15) is 13.7 Å². The van der Waals surface area contributed by atoms with Crippen LogP contribution in [0, 0.1) is 30.1 Å². The maximum atomic E-state index is 12.7. The Morgan fingerprint density at radius 3 is 2.38 bits per heavy atom. The predicted molar refractivity (Wildman–Crippen MR) is 161 cm³/mol. The van der Waals surface area contributed by atoms with Crippen molar-refractivity contribution in [2.75, 3.05) is 31.0 Å². The highest BCUT2D eigenvalue weighted by Crippen LogP contribution is 2.36. The molecule has 4 rings (SSSR count). The third-order valence-electron chi connectivity index (χ3n) is 8.13. The van der Waals surface area contributed by atoms with Gasteiger partial charge in [0.15, 0.2) is 0 Å². The molecule has 0 spiro atoms. The van der Waals surface area contributed by atoms with Gasteiger partial charge >= 0.3 is 0 Å². The molecule has 0 aliphatic carbocycles. The Morgan fingerprint density at radius 2 is 1.73 bits per heavy atom. The number of nitrogens with one attached hydrogen (secondary N) is 1. The van der Waals surface area contributed by atoms with E-state index in [0.29, 0.717) is 24.0 Å². The van der Waals surface area contributed by atoms with Crippen molar-refractivity contribution in [2.24, 2.45) is 11.8 Å². The molecule has 3 aromatic rings. The SMILES string of the molecule is Cc1ccc(S(=O)(=O)Nc2cccc(OCC3CCN(CCCC(C#N)(c4ccccc4)C(C)C)CC3)c2)cc1. The van der Waals surface area contributed by atoms with Crippen molar-refractivity contribution in [3.63, 3.8) is 0 Å². The molecule has 7 heteroatoms. The average Bonchev–Trinajstić information content (AvgIpc) is 2.95. The number of anilines is 1. The first-order chi connectivity index (χ1) is 19.2. The summed E-state index contributed by atoms with van der Waals surface area (Å²) in [5.74, 6) is 1.37. The second-order valence-corrected chi connectivity index (χ2v) is 12.9. The van der Waals surface area contributed by atoms with Gasteiger partial charge in [-0.15, -0.1) is 0 Å². The molecule has 0 amide bonds. The third-order valence-corrected chi connectivity index (χ3v) is 9.53. The number of piperidine rings is 1. The van der Waals surface area contributed by atoms with Crippen molar-refractivity contribution in [1.82, 2.24) is 4.90 Å². The van der Waals surface area contributed by atoms with Crippen LogP contribution < -0.4 is 9.46 Å². The van der Waals surface area contributed by atoms with Crippen LogP contribution in [0.25, 0.3) is 0 Å². The van der Waals surface area contributed by atoms with Crippen LogP contribution in [0.4, 0.5) is 5.69 Å². The topological polar surface area (TPSA) is 82.4 Å². The van der Waals surface area contributed by atoms with Gasteiger partial charge in [-0.3, -0.25) is 4.72 Å². The zero-order valence-electron chi connectivity index (χ0n) is 23.8. The fourth-order valence-corrected chi connectivity index (χ4v) is 6.55. The molecule has 40 heavy (non-hydrogen) atoms. The Labute approximate surface area is 240 Å². The van der Waals surface area contributed by atoms with Crippen LogP contribution in [0.15, 0.2) is 83.8 Å². The Bertz CT molecular complexity index is 1380. The molecule has 3 aromatic carbocycles. The van der Waals surface area contributed by atoms with E-state index in [4.69, 9.17) is 4.74 Å². The van der Waals surface area contributed by atoms with Crippen LogP contribution in [0.2, 0.25) is 0 Å². The van der Waals surface area contributed by atoms with Crippen molar-refractivity contribution in [3.8, 4) is 11.8 Å². The molecular formula is C33H41N3O3S. The normalized spacial score (nSPS) is 16.3. The summed E-state index contributed by atoms with van der Waals surface area (Å²) in [5.41, 5.74) is 2.17. The van der Waals surface area contributed by atoms with E-state index in [0.717, 1.165) is 56.4 Å². The first kappa shape index (κ1) is 29.6. The molecule has 6 nitrogen and oxygen atoms in total. The lowest BCUT2D eigenvalue weighted by Crippen LogP contribution is -2.37. The number of hydrogen-bond acceptors (Lipinski definition) is 5. The molecule has 1 heterocycles. The number of hydrogen-bond donors (Lipinski definition) is 1. The van der Waals surface area contributed by atoms with Crippen LogP contribution in [0.3, 0.4) is 0 Å². The van der Waals surface area contributed by atoms with Gasteiger partial charge in [0.05, 0.1) is 28.7 Å².